The van der Waals surface area contributed by atoms with Crippen LogP contribution in [-0.4, -0.2) is 24.5 Å². The minimum atomic E-state index is -0.206. The molecule has 0 aromatic rings. The second kappa shape index (κ2) is 2.34. The van der Waals surface area contributed by atoms with Crippen LogP contribution in [0, 0.1) is 0 Å². The van der Waals surface area contributed by atoms with E-state index in [1.165, 1.54) is 14.0 Å². The third-order valence-electron chi connectivity index (χ3n) is 0.572. The Morgan fingerprint density at radius 1 is 1.86 bits per heavy atom. The summed E-state index contributed by atoms with van der Waals surface area (Å²) in [5.41, 5.74) is 0. The lowest BCUT2D eigenvalue weighted by Gasteiger charge is -1.84. The Kier molecular flexibility index (Phi) is 2.05. The summed E-state index contributed by atoms with van der Waals surface area (Å²) < 4.78 is 0.903. The van der Waals surface area contributed by atoms with Crippen molar-refractivity contribution in [3.63, 3.8) is 0 Å². The van der Waals surface area contributed by atoms with Crippen LogP contribution in [-0.2, 0) is 9.63 Å². The van der Waals surface area contributed by atoms with Gasteiger partial charge in [0.1, 0.15) is 7.11 Å². The summed E-state index contributed by atoms with van der Waals surface area (Å²) in [6.07, 6.45) is 0. The molecule has 0 unspecified atom stereocenters. The first-order chi connectivity index (χ1) is 3.18. The molecule has 0 aliphatic carbocycles. The third-order valence-corrected chi connectivity index (χ3v) is 0.572. The van der Waals surface area contributed by atoms with E-state index < -0.39 is 0 Å². The van der Waals surface area contributed by atoms with E-state index in [1.54, 1.807) is 0 Å². The van der Waals surface area contributed by atoms with E-state index in [9.17, 15) is 4.79 Å². The van der Waals surface area contributed by atoms with Crippen LogP contribution in [0.15, 0.2) is 0 Å². The molecule has 0 atom stereocenters. The van der Waals surface area contributed by atoms with E-state index in [1.807, 2.05) is 0 Å². The summed E-state index contributed by atoms with van der Waals surface area (Å²) in [7, 11) is 1.38. The molecule has 0 saturated heterocycles. The lowest BCUT2D eigenvalue weighted by atomic mass is 10.7. The maximum absolute atomic E-state index is 10.1. The Morgan fingerprint density at radius 3 is 2.29 bits per heavy atom. The van der Waals surface area contributed by atoms with Crippen LogP contribution in [0.2, 0.25) is 0 Å². The molecule has 7 heavy (non-hydrogen) atoms. The predicted octanol–water partition coefficient (Wildman–Crippen LogP) is -0.193. The highest BCUT2D eigenvalue weighted by Gasteiger charge is 2.03. The van der Waals surface area contributed by atoms with Crippen LogP contribution in [0.1, 0.15) is 6.92 Å². The van der Waals surface area contributed by atoms with Crippen molar-refractivity contribution in [2.75, 3.05) is 7.11 Å². The number of carbonyl (C=O) groups is 1. The molecule has 0 rings (SSSR count). The summed E-state index contributed by atoms with van der Waals surface area (Å²) in [6.45, 7) is 4.59. The van der Waals surface area contributed by atoms with Gasteiger partial charge < -0.3 is 0 Å². The fourth-order valence-corrected chi connectivity index (χ4v) is 0.129. The average molecular weight is 102 g/mol. The van der Waals surface area contributed by atoms with Gasteiger partial charge in [-0.1, -0.05) is 0 Å². The first-order valence-corrected chi connectivity index (χ1v) is 1.83. The molecule has 0 aromatic heterocycles. The van der Waals surface area contributed by atoms with Crippen LogP contribution in [0.25, 0.3) is 0 Å². The van der Waals surface area contributed by atoms with Crippen molar-refractivity contribution in [2.24, 2.45) is 0 Å². The normalized spacial score (nSPS) is 7.71. The number of rotatable bonds is 1. The van der Waals surface area contributed by atoms with Crippen LogP contribution < -0.4 is 0 Å². The lowest BCUT2D eigenvalue weighted by Crippen LogP contribution is -2.13. The molecule has 1 amide bonds. The number of hydrogen-bond acceptors (Lipinski definition) is 2. The van der Waals surface area contributed by atoms with E-state index in [0.717, 1.165) is 4.74 Å². The molecule has 0 saturated carbocycles. The van der Waals surface area contributed by atoms with Crippen molar-refractivity contribution in [1.82, 2.24) is 0 Å². The van der Waals surface area contributed by atoms with Crippen molar-refractivity contribution in [3.8, 4) is 0 Å². The first kappa shape index (κ1) is 6.14. The van der Waals surface area contributed by atoms with Gasteiger partial charge in [-0.2, -0.15) is 0 Å². The van der Waals surface area contributed by atoms with Gasteiger partial charge in [-0.05, 0) is 0 Å². The Hall–Kier alpha value is -0.860. The molecule has 0 heterocycles. The maximum atomic E-state index is 10.1. The molecule has 3 nitrogen and oxygen atoms in total. The van der Waals surface area contributed by atoms with E-state index in [-0.39, 0.29) is 5.91 Å². The Labute approximate surface area is 42.2 Å². The van der Waals surface area contributed by atoms with Crippen molar-refractivity contribution >= 4 is 12.6 Å². The molecule has 0 spiro atoms. The van der Waals surface area contributed by atoms with Gasteiger partial charge in [0.25, 0.3) is 0 Å². The summed E-state index contributed by atoms with van der Waals surface area (Å²) >= 11 is 0. The molecular formula is C4H8NO2+. The van der Waals surface area contributed by atoms with Gasteiger partial charge in [-0.15, -0.1) is 0 Å². The molecule has 3 heteroatoms. The number of nitrogens with zero attached hydrogens (tertiary/aromatic N) is 1. The van der Waals surface area contributed by atoms with Gasteiger partial charge in [0, 0.05) is 4.74 Å². The van der Waals surface area contributed by atoms with Gasteiger partial charge in [0.2, 0.25) is 0 Å². The zero-order valence-electron chi connectivity index (χ0n) is 4.47. The Bertz CT molecular complexity index is 97.9. The van der Waals surface area contributed by atoms with Crippen molar-refractivity contribution in [1.29, 1.82) is 0 Å². The summed E-state index contributed by atoms with van der Waals surface area (Å²) in [4.78, 5) is 14.5. The van der Waals surface area contributed by atoms with Crippen LogP contribution in [0.3, 0.4) is 0 Å². The van der Waals surface area contributed by atoms with Gasteiger partial charge >= 0.3 is 5.91 Å². The number of hydrogen-bond donors (Lipinski definition) is 0. The minimum absolute atomic E-state index is 0.206. The van der Waals surface area contributed by atoms with E-state index in [2.05, 4.69) is 11.6 Å². The molecule has 0 aromatic carbocycles. The van der Waals surface area contributed by atoms with E-state index in [4.69, 9.17) is 0 Å². The highest BCUT2D eigenvalue weighted by molar-refractivity contribution is 5.64. The van der Waals surface area contributed by atoms with Crippen LogP contribution >= 0.6 is 0 Å². The molecule has 0 N–H and O–H groups in total. The van der Waals surface area contributed by atoms with Crippen molar-refractivity contribution in [2.45, 2.75) is 6.92 Å². The second-order valence-corrected chi connectivity index (χ2v) is 1.08. The molecule has 0 aliphatic heterocycles. The Balaban J connectivity index is 3.58. The number of carbonyl (C=O) groups excluding carboxylic acids is 1. The molecule has 40 valence electrons. The maximum Gasteiger partial charge on any atom is 0.430 e. The fourth-order valence-electron chi connectivity index (χ4n) is 0.129. The quantitative estimate of drug-likeness (QED) is 0.261. The predicted molar refractivity (Wildman–Crippen MR) is 25.1 cm³/mol. The molecule has 0 bridgehead atoms. The van der Waals surface area contributed by atoms with Crippen molar-refractivity contribution in [3.05, 3.63) is 0 Å². The molecule has 0 aliphatic rings. The van der Waals surface area contributed by atoms with Crippen LogP contribution in [0.5, 0.6) is 0 Å². The summed E-state index contributed by atoms with van der Waals surface area (Å²) in [6, 6.07) is 0. The largest absolute Gasteiger partial charge is 0.430 e. The lowest BCUT2D eigenvalue weighted by molar-refractivity contribution is -0.705. The van der Waals surface area contributed by atoms with Crippen molar-refractivity contribution < 1.29 is 14.4 Å². The minimum Gasteiger partial charge on any atom is -0.272 e. The average Bonchev–Trinajstić information content (AvgIpc) is 1.65. The standard InChI is InChI=1S/C4H8NO2/c1-4(6)5(2)7-3/h2H2,1,3H3/q+1. The Morgan fingerprint density at radius 2 is 2.29 bits per heavy atom. The molecule has 0 radical (unpaired) electrons. The van der Waals surface area contributed by atoms with Gasteiger partial charge in [-0.25, -0.2) is 4.79 Å². The van der Waals surface area contributed by atoms with E-state index >= 15 is 0 Å². The summed E-state index contributed by atoms with van der Waals surface area (Å²) in [5, 5.41) is 0. The third kappa shape index (κ3) is 1.92. The number of hydroxylamine groups is 1. The number of amides is 1. The second-order valence-electron chi connectivity index (χ2n) is 1.08. The zero-order chi connectivity index (χ0) is 5.86. The molecule has 0 fully saturated rings. The zero-order valence-corrected chi connectivity index (χ0v) is 4.47. The van der Waals surface area contributed by atoms with Gasteiger partial charge in [-0.3, -0.25) is 4.84 Å². The smallest absolute Gasteiger partial charge is 0.272 e. The highest BCUT2D eigenvalue weighted by atomic mass is 16.7. The van der Waals surface area contributed by atoms with Gasteiger partial charge in [0.05, 0.1) is 6.92 Å². The fraction of sp³-hybridized carbons (Fsp3) is 0.500. The topological polar surface area (TPSA) is 29.3 Å². The first-order valence-electron chi connectivity index (χ1n) is 1.83. The van der Waals surface area contributed by atoms with Gasteiger partial charge in [0.15, 0.2) is 6.72 Å². The summed E-state index contributed by atoms with van der Waals surface area (Å²) in [5.74, 6) is -0.206. The molecular weight excluding hydrogens is 94.0 g/mol. The highest BCUT2D eigenvalue weighted by Crippen LogP contribution is 1.69. The SMILES string of the molecule is C=[N+](OC)C(C)=O. The van der Waals surface area contributed by atoms with Crippen LogP contribution in [0.4, 0.5) is 0 Å². The monoisotopic (exact) mass is 102 g/mol. The van der Waals surface area contributed by atoms with E-state index in [0.29, 0.717) is 0 Å².